The number of ether oxygens (including phenoxy) is 1. The van der Waals surface area contributed by atoms with Crippen LogP contribution in [0.1, 0.15) is 12.0 Å². The molecule has 0 aliphatic rings. The lowest BCUT2D eigenvalue weighted by molar-refractivity contribution is -0.136. The number of rotatable bonds is 6. The standard InChI is InChI=1S/C24H19NO3/c26-23(27)13-9-17-8-10-19-16-20(12-11-18(19)15-17)22-7-4-14-25-24(22)28-21-5-2-1-3-6-21/h1-8,10-12,14-16H,9,13H2,(H,26,27). The van der Waals surface area contributed by atoms with Crippen molar-refractivity contribution in [2.45, 2.75) is 12.8 Å². The molecule has 0 saturated heterocycles. The minimum atomic E-state index is -0.780. The van der Waals surface area contributed by atoms with Crippen LogP contribution in [0.15, 0.2) is 85.1 Å². The van der Waals surface area contributed by atoms with E-state index in [2.05, 4.69) is 11.1 Å². The van der Waals surface area contributed by atoms with Gasteiger partial charge in [-0.1, -0.05) is 48.5 Å². The highest BCUT2D eigenvalue weighted by molar-refractivity contribution is 5.88. The fourth-order valence-electron chi connectivity index (χ4n) is 3.16. The summed E-state index contributed by atoms with van der Waals surface area (Å²) in [5.41, 5.74) is 2.96. The van der Waals surface area contributed by atoms with E-state index in [1.807, 2.05) is 72.8 Å². The first kappa shape index (κ1) is 17.7. The van der Waals surface area contributed by atoms with Crippen molar-refractivity contribution >= 4 is 16.7 Å². The van der Waals surface area contributed by atoms with Gasteiger partial charge in [0.2, 0.25) is 5.88 Å². The third kappa shape index (κ3) is 4.01. The topological polar surface area (TPSA) is 59.4 Å². The number of pyridine rings is 1. The average molecular weight is 369 g/mol. The van der Waals surface area contributed by atoms with Gasteiger partial charge in [-0.05, 0) is 58.7 Å². The predicted molar refractivity (Wildman–Crippen MR) is 110 cm³/mol. The highest BCUT2D eigenvalue weighted by atomic mass is 16.5. The summed E-state index contributed by atoms with van der Waals surface area (Å²) in [6.45, 7) is 0. The van der Waals surface area contributed by atoms with Gasteiger partial charge in [0.15, 0.2) is 0 Å². The van der Waals surface area contributed by atoms with Gasteiger partial charge in [-0.15, -0.1) is 0 Å². The molecule has 0 aliphatic heterocycles. The first-order valence-electron chi connectivity index (χ1n) is 9.12. The zero-order valence-corrected chi connectivity index (χ0v) is 15.2. The summed E-state index contributed by atoms with van der Waals surface area (Å²) in [5, 5.41) is 11.0. The molecule has 0 fully saturated rings. The Kier molecular flexibility index (Phi) is 5.02. The molecule has 0 amide bonds. The number of aliphatic carboxylic acids is 1. The number of para-hydroxylation sites is 1. The largest absolute Gasteiger partial charge is 0.481 e. The Morgan fingerprint density at radius 3 is 2.50 bits per heavy atom. The number of aryl methyl sites for hydroxylation is 1. The van der Waals surface area contributed by atoms with Gasteiger partial charge in [-0.25, -0.2) is 4.98 Å². The molecular weight excluding hydrogens is 350 g/mol. The molecule has 28 heavy (non-hydrogen) atoms. The van der Waals surface area contributed by atoms with Gasteiger partial charge in [0.1, 0.15) is 5.75 Å². The predicted octanol–water partition coefficient (Wildman–Crippen LogP) is 5.71. The lowest BCUT2D eigenvalue weighted by atomic mass is 9.99. The van der Waals surface area contributed by atoms with E-state index in [0.29, 0.717) is 12.3 Å². The van der Waals surface area contributed by atoms with Gasteiger partial charge in [-0.2, -0.15) is 0 Å². The smallest absolute Gasteiger partial charge is 0.303 e. The molecule has 0 aliphatic carbocycles. The van der Waals surface area contributed by atoms with Crippen LogP contribution in [0.4, 0.5) is 0 Å². The van der Waals surface area contributed by atoms with Gasteiger partial charge in [0, 0.05) is 18.2 Å². The lowest BCUT2D eigenvalue weighted by Crippen LogP contribution is -1.97. The van der Waals surface area contributed by atoms with Crippen molar-refractivity contribution in [1.82, 2.24) is 4.98 Å². The van der Waals surface area contributed by atoms with Crippen molar-refractivity contribution in [1.29, 1.82) is 0 Å². The SMILES string of the molecule is O=C(O)CCc1ccc2cc(-c3cccnc3Oc3ccccc3)ccc2c1. The summed E-state index contributed by atoms with van der Waals surface area (Å²) >= 11 is 0. The van der Waals surface area contributed by atoms with Crippen molar-refractivity contribution in [2.75, 3.05) is 0 Å². The Morgan fingerprint density at radius 1 is 0.893 bits per heavy atom. The first-order valence-corrected chi connectivity index (χ1v) is 9.12. The van der Waals surface area contributed by atoms with Gasteiger partial charge in [-0.3, -0.25) is 4.79 Å². The fraction of sp³-hybridized carbons (Fsp3) is 0.0833. The van der Waals surface area contributed by atoms with Gasteiger partial charge < -0.3 is 9.84 Å². The second-order valence-corrected chi connectivity index (χ2v) is 6.56. The third-order valence-corrected chi connectivity index (χ3v) is 4.57. The molecule has 0 saturated carbocycles. The zero-order chi connectivity index (χ0) is 19.3. The van der Waals surface area contributed by atoms with E-state index in [4.69, 9.17) is 9.84 Å². The summed E-state index contributed by atoms with van der Waals surface area (Å²) < 4.78 is 5.98. The number of aromatic nitrogens is 1. The minimum Gasteiger partial charge on any atom is -0.481 e. The van der Waals surface area contributed by atoms with Gasteiger partial charge >= 0.3 is 5.97 Å². The number of hydrogen-bond acceptors (Lipinski definition) is 3. The molecule has 1 heterocycles. The molecule has 4 heteroatoms. The summed E-state index contributed by atoms with van der Waals surface area (Å²) in [6, 6.07) is 25.7. The average Bonchev–Trinajstić information content (AvgIpc) is 2.73. The van der Waals surface area contributed by atoms with Gasteiger partial charge in [0.25, 0.3) is 0 Å². The van der Waals surface area contributed by atoms with Crippen molar-refractivity contribution in [3.63, 3.8) is 0 Å². The molecule has 0 radical (unpaired) electrons. The van der Waals surface area contributed by atoms with Crippen molar-refractivity contribution in [2.24, 2.45) is 0 Å². The third-order valence-electron chi connectivity index (χ3n) is 4.57. The number of carboxylic acid groups (broad SMARTS) is 1. The maximum atomic E-state index is 10.8. The van der Waals surface area contributed by atoms with E-state index in [1.165, 1.54) is 0 Å². The number of benzene rings is 3. The van der Waals surface area contributed by atoms with E-state index in [0.717, 1.165) is 33.2 Å². The number of nitrogens with zero attached hydrogens (tertiary/aromatic N) is 1. The monoisotopic (exact) mass is 369 g/mol. The second kappa shape index (κ2) is 7.92. The van der Waals surface area contributed by atoms with Crippen LogP contribution in [0.3, 0.4) is 0 Å². The van der Waals surface area contributed by atoms with E-state index in [-0.39, 0.29) is 6.42 Å². The van der Waals surface area contributed by atoms with E-state index < -0.39 is 5.97 Å². The number of carbonyl (C=O) groups is 1. The molecule has 4 nitrogen and oxygen atoms in total. The Morgan fingerprint density at radius 2 is 1.68 bits per heavy atom. The molecule has 1 aromatic heterocycles. The highest BCUT2D eigenvalue weighted by Gasteiger charge is 2.10. The van der Waals surface area contributed by atoms with Crippen molar-refractivity contribution in [3.8, 4) is 22.8 Å². The van der Waals surface area contributed by atoms with Crippen LogP contribution in [-0.4, -0.2) is 16.1 Å². The molecule has 0 unspecified atom stereocenters. The minimum absolute atomic E-state index is 0.138. The Hall–Kier alpha value is -3.66. The molecule has 4 rings (SSSR count). The number of carboxylic acids is 1. The van der Waals surface area contributed by atoms with E-state index in [1.54, 1.807) is 6.20 Å². The zero-order valence-electron chi connectivity index (χ0n) is 15.2. The highest BCUT2D eigenvalue weighted by Crippen LogP contribution is 2.33. The van der Waals surface area contributed by atoms with Crippen molar-refractivity contribution < 1.29 is 14.6 Å². The maximum Gasteiger partial charge on any atom is 0.303 e. The van der Waals surface area contributed by atoms with Crippen LogP contribution in [0.2, 0.25) is 0 Å². The Balaban J connectivity index is 1.66. The summed E-state index contributed by atoms with van der Waals surface area (Å²) in [5.74, 6) is 0.524. The van der Waals surface area contributed by atoms with Crippen LogP contribution in [0, 0.1) is 0 Å². The van der Waals surface area contributed by atoms with Crippen LogP contribution in [-0.2, 0) is 11.2 Å². The quantitative estimate of drug-likeness (QED) is 0.473. The van der Waals surface area contributed by atoms with Crippen LogP contribution >= 0.6 is 0 Å². The molecular formula is C24H19NO3. The lowest BCUT2D eigenvalue weighted by Gasteiger charge is -2.11. The van der Waals surface area contributed by atoms with Gasteiger partial charge in [0.05, 0.1) is 0 Å². The maximum absolute atomic E-state index is 10.8. The second-order valence-electron chi connectivity index (χ2n) is 6.56. The molecule has 0 spiro atoms. The van der Waals surface area contributed by atoms with Crippen LogP contribution < -0.4 is 4.74 Å². The summed E-state index contributed by atoms with van der Waals surface area (Å²) in [7, 11) is 0. The summed E-state index contributed by atoms with van der Waals surface area (Å²) in [4.78, 5) is 15.2. The summed E-state index contributed by atoms with van der Waals surface area (Å²) in [6.07, 6.45) is 2.39. The van der Waals surface area contributed by atoms with E-state index in [9.17, 15) is 4.79 Å². The van der Waals surface area contributed by atoms with Crippen molar-refractivity contribution in [3.05, 3.63) is 90.6 Å². The molecule has 0 atom stereocenters. The van der Waals surface area contributed by atoms with Crippen LogP contribution in [0.5, 0.6) is 11.6 Å². The normalized spacial score (nSPS) is 10.7. The Bertz CT molecular complexity index is 1120. The number of hydrogen-bond donors (Lipinski definition) is 1. The van der Waals surface area contributed by atoms with E-state index >= 15 is 0 Å². The molecule has 3 aromatic carbocycles. The molecule has 1 N–H and O–H groups in total. The fourth-order valence-corrected chi connectivity index (χ4v) is 3.16. The molecule has 4 aromatic rings. The molecule has 138 valence electrons. The Labute approximate surface area is 163 Å². The molecule has 0 bridgehead atoms. The van der Waals surface area contributed by atoms with Crippen LogP contribution in [0.25, 0.3) is 21.9 Å². The first-order chi connectivity index (χ1) is 13.7. The number of fused-ring (bicyclic) bond motifs is 1.